The zero-order valence-electron chi connectivity index (χ0n) is 20.3. The Morgan fingerprint density at radius 1 is 0.606 bits per heavy atom. The fourth-order valence-electron chi connectivity index (χ4n) is 7.49. The maximum Gasteiger partial charge on any atom is 0.358 e. The van der Waals surface area contributed by atoms with Crippen molar-refractivity contribution in [3.05, 3.63) is 0 Å². The second-order valence-electron chi connectivity index (χ2n) is 12.0. The molecule has 4 saturated carbocycles. The van der Waals surface area contributed by atoms with Crippen molar-refractivity contribution in [2.24, 2.45) is 41.4 Å². The molecule has 0 saturated heterocycles. The van der Waals surface area contributed by atoms with Crippen LogP contribution in [0.15, 0.2) is 0 Å². The first kappa shape index (κ1) is 25.7. The zero-order chi connectivity index (χ0) is 23.8. The summed E-state index contributed by atoms with van der Waals surface area (Å²) in [4.78, 5) is 0. The van der Waals surface area contributed by atoms with Crippen molar-refractivity contribution >= 4 is 0 Å². The summed E-state index contributed by atoms with van der Waals surface area (Å²) in [7, 11) is 0. The van der Waals surface area contributed by atoms with E-state index >= 15 is 0 Å². The van der Waals surface area contributed by atoms with E-state index in [1.165, 1.54) is 58.3 Å². The molecule has 0 aromatic carbocycles. The number of ether oxygens (including phenoxy) is 1. The molecule has 192 valence electrons. The van der Waals surface area contributed by atoms with Crippen LogP contribution < -0.4 is 0 Å². The van der Waals surface area contributed by atoms with Crippen LogP contribution >= 0.6 is 0 Å². The van der Waals surface area contributed by atoms with Crippen LogP contribution in [0.2, 0.25) is 0 Å². The molecule has 0 aromatic heterocycles. The minimum Gasteiger partial charge on any atom is -0.316 e. The summed E-state index contributed by atoms with van der Waals surface area (Å²) in [5.41, 5.74) is 0. The molecule has 0 N–H and O–H groups in total. The minimum atomic E-state index is -3.41. The van der Waals surface area contributed by atoms with E-state index in [0.717, 1.165) is 30.6 Å². The molecule has 33 heavy (non-hydrogen) atoms. The van der Waals surface area contributed by atoms with Crippen LogP contribution in [-0.4, -0.2) is 30.7 Å². The lowest BCUT2D eigenvalue weighted by molar-refractivity contribution is -0.314. The van der Waals surface area contributed by atoms with Crippen molar-refractivity contribution in [3.8, 4) is 0 Å². The molecule has 0 heterocycles. The largest absolute Gasteiger partial charge is 0.358 e. The van der Waals surface area contributed by atoms with Gasteiger partial charge in [0.15, 0.2) is 6.17 Å². The number of alkyl halides is 5. The van der Waals surface area contributed by atoms with Crippen molar-refractivity contribution in [2.45, 2.75) is 128 Å². The fourth-order valence-corrected chi connectivity index (χ4v) is 7.49. The highest BCUT2D eigenvalue weighted by Gasteiger charge is 2.51. The van der Waals surface area contributed by atoms with Crippen LogP contribution in [0.1, 0.15) is 97.3 Å². The predicted molar refractivity (Wildman–Crippen MR) is 120 cm³/mol. The molecule has 4 rings (SSSR count). The van der Waals surface area contributed by atoms with Crippen molar-refractivity contribution in [1.29, 1.82) is 0 Å². The molecule has 0 aliphatic heterocycles. The smallest absolute Gasteiger partial charge is 0.316 e. The minimum absolute atomic E-state index is 0.392. The van der Waals surface area contributed by atoms with Crippen LogP contribution in [-0.2, 0) is 4.74 Å². The molecule has 5 unspecified atom stereocenters. The van der Waals surface area contributed by atoms with E-state index in [4.69, 9.17) is 4.74 Å². The normalized spacial score (nSPS) is 47.9. The Morgan fingerprint density at radius 3 is 1.52 bits per heavy atom. The highest BCUT2D eigenvalue weighted by molar-refractivity contribution is 4.93. The van der Waals surface area contributed by atoms with Gasteiger partial charge in [0.25, 0.3) is 0 Å². The van der Waals surface area contributed by atoms with E-state index in [2.05, 4.69) is 6.92 Å². The molecule has 0 spiro atoms. The molecule has 4 fully saturated rings. The van der Waals surface area contributed by atoms with Crippen molar-refractivity contribution in [2.75, 3.05) is 0 Å². The molecule has 0 bridgehead atoms. The molecule has 4 aliphatic rings. The van der Waals surface area contributed by atoms with E-state index in [-0.39, 0.29) is 0 Å². The second kappa shape index (κ2) is 10.7. The van der Waals surface area contributed by atoms with Crippen molar-refractivity contribution in [3.63, 3.8) is 0 Å². The van der Waals surface area contributed by atoms with Crippen LogP contribution in [0.25, 0.3) is 0 Å². The lowest BCUT2D eigenvalue weighted by atomic mass is 9.65. The van der Waals surface area contributed by atoms with Crippen LogP contribution in [0, 0.1) is 41.4 Å². The van der Waals surface area contributed by atoms with Gasteiger partial charge in [0.05, 0.1) is 12.0 Å². The Kier molecular flexibility index (Phi) is 8.33. The summed E-state index contributed by atoms with van der Waals surface area (Å²) in [6, 6.07) is 0. The Morgan fingerprint density at radius 2 is 1.03 bits per heavy atom. The van der Waals surface area contributed by atoms with Gasteiger partial charge in [-0.25, -0.2) is 13.2 Å². The summed E-state index contributed by atoms with van der Waals surface area (Å²) >= 11 is 0. The van der Waals surface area contributed by atoms with E-state index in [9.17, 15) is 22.0 Å². The Bertz CT molecular complexity index is 606. The van der Waals surface area contributed by atoms with E-state index in [1.807, 2.05) is 0 Å². The molecule has 5 atom stereocenters. The molecule has 0 amide bonds. The highest BCUT2D eigenvalue weighted by Crippen LogP contribution is 2.48. The van der Waals surface area contributed by atoms with Crippen LogP contribution in [0.5, 0.6) is 0 Å². The van der Waals surface area contributed by atoms with E-state index < -0.39 is 49.0 Å². The summed E-state index contributed by atoms with van der Waals surface area (Å²) in [5, 5.41) is 0. The maximum absolute atomic E-state index is 14.9. The number of rotatable bonds is 5. The van der Waals surface area contributed by atoms with Gasteiger partial charge < -0.3 is 4.74 Å². The lowest BCUT2D eigenvalue weighted by Gasteiger charge is -2.43. The first-order valence-corrected chi connectivity index (χ1v) is 13.6. The summed E-state index contributed by atoms with van der Waals surface area (Å²) in [6.45, 7) is 3.70. The standard InChI is InChI=1S/C27H43F5O/c1-16-3-5-18(6-4-16)19-7-9-20(10-8-19)21-11-13-22(14-12-21)27(31,32)33-24-15-23(28)26(30)25(29)17(24)2/h16-26H,3-15H2,1-2H3. The number of hydrogen-bond donors (Lipinski definition) is 0. The maximum atomic E-state index is 14.9. The zero-order valence-corrected chi connectivity index (χ0v) is 20.3. The highest BCUT2D eigenvalue weighted by atomic mass is 19.3. The molecule has 4 aliphatic carbocycles. The fraction of sp³-hybridized carbons (Fsp3) is 1.00. The molecular formula is C27H43F5O. The van der Waals surface area contributed by atoms with Gasteiger partial charge in [-0.05, 0) is 93.8 Å². The summed E-state index contributed by atoms with van der Waals surface area (Å²) < 4.78 is 76.1. The molecular weight excluding hydrogens is 435 g/mol. The molecule has 6 heteroatoms. The van der Waals surface area contributed by atoms with Gasteiger partial charge in [0, 0.05) is 12.3 Å². The first-order valence-electron chi connectivity index (χ1n) is 13.6. The monoisotopic (exact) mass is 478 g/mol. The van der Waals surface area contributed by atoms with Crippen LogP contribution in [0.3, 0.4) is 0 Å². The second-order valence-corrected chi connectivity index (χ2v) is 12.0. The third kappa shape index (κ3) is 5.89. The molecule has 0 aromatic rings. The Hall–Kier alpha value is -0.390. The van der Waals surface area contributed by atoms with Gasteiger partial charge in [-0.2, -0.15) is 8.78 Å². The van der Waals surface area contributed by atoms with Gasteiger partial charge >= 0.3 is 6.11 Å². The molecule has 0 radical (unpaired) electrons. The predicted octanol–water partition coefficient (Wildman–Crippen LogP) is 8.46. The first-order chi connectivity index (χ1) is 15.7. The van der Waals surface area contributed by atoms with E-state index in [1.54, 1.807) is 0 Å². The Labute approximate surface area is 196 Å². The quantitative estimate of drug-likeness (QED) is 0.360. The third-order valence-corrected chi connectivity index (χ3v) is 9.96. The van der Waals surface area contributed by atoms with Crippen molar-refractivity contribution < 1.29 is 26.7 Å². The summed E-state index contributed by atoms with van der Waals surface area (Å²) in [5.74, 6) is 1.82. The van der Waals surface area contributed by atoms with Crippen LogP contribution in [0.4, 0.5) is 22.0 Å². The third-order valence-electron chi connectivity index (χ3n) is 9.96. The molecule has 1 nitrogen and oxygen atoms in total. The summed E-state index contributed by atoms with van der Waals surface area (Å²) in [6.07, 6.45) is 1.29. The SMILES string of the molecule is CC1CCC(C2CCC(C3CCC(C(F)(F)OC4CC(F)C(F)C(F)C4C)CC3)CC2)CC1. The van der Waals surface area contributed by atoms with E-state index in [0.29, 0.717) is 24.7 Å². The average molecular weight is 479 g/mol. The van der Waals surface area contributed by atoms with Gasteiger partial charge in [-0.15, -0.1) is 0 Å². The van der Waals surface area contributed by atoms with Gasteiger partial charge in [-0.3, -0.25) is 0 Å². The lowest BCUT2D eigenvalue weighted by Crippen LogP contribution is -2.50. The van der Waals surface area contributed by atoms with Gasteiger partial charge in [0.2, 0.25) is 0 Å². The topological polar surface area (TPSA) is 9.23 Å². The van der Waals surface area contributed by atoms with Gasteiger partial charge in [-0.1, -0.05) is 26.7 Å². The van der Waals surface area contributed by atoms with Crippen molar-refractivity contribution in [1.82, 2.24) is 0 Å². The number of halogens is 5. The Balaban J connectivity index is 1.22. The van der Waals surface area contributed by atoms with Gasteiger partial charge in [0.1, 0.15) is 12.3 Å². The number of hydrogen-bond acceptors (Lipinski definition) is 1. The average Bonchev–Trinajstić information content (AvgIpc) is 2.82.